The van der Waals surface area contributed by atoms with Gasteiger partial charge in [-0.3, -0.25) is 4.79 Å². The number of nitrogens with zero attached hydrogens (tertiary/aromatic N) is 4. The van der Waals surface area contributed by atoms with Crippen molar-refractivity contribution in [2.45, 2.75) is 25.1 Å². The molecule has 5 rings (SSSR count). The molecule has 1 unspecified atom stereocenters. The summed E-state index contributed by atoms with van der Waals surface area (Å²) in [5, 5.41) is 8.21. The van der Waals surface area contributed by atoms with Crippen LogP contribution in [0, 0.1) is 5.82 Å². The first-order chi connectivity index (χ1) is 18.1. The maximum Gasteiger partial charge on any atom is 0.406 e. The van der Waals surface area contributed by atoms with Gasteiger partial charge in [-0.1, -0.05) is 29.5 Å². The second-order valence-electron chi connectivity index (χ2n) is 8.96. The van der Waals surface area contributed by atoms with Crippen LogP contribution in [0.5, 0.6) is 5.75 Å². The number of halogens is 4. The Hall–Kier alpha value is -4.41. The minimum Gasteiger partial charge on any atom is -0.496 e. The number of benzene rings is 3. The number of carbonyl (C=O) groups excluding carboxylic acids is 1. The highest BCUT2D eigenvalue weighted by molar-refractivity contribution is 5.97. The Morgan fingerprint density at radius 3 is 2.61 bits per heavy atom. The molecule has 0 saturated carbocycles. The first kappa shape index (κ1) is 25.2. The highest BCUT2D eigenvalue weighted by Crippen LogP contribution is 2.37. The lowest BCUT2D eigenvalue weighted by molar-refractivity contribution is -0.134. The molecule has 1 atom stereocenters. The highest BCUT2D eigenvalue weighted by Gasteiger charge is 2.40. The van der Waals surface area contributed by atoms with Crippen LogP contribution in [0.1, 0.15) is 18.0 Å². The Balaban J connectivity index is 1.48. The van der Waals surface area contributed by atoms with Gasteiger partial charge in [-0.25, -0.2) is 9.07 Å². The number of amides is 1. The van der Waals surface area contributed by atoms with Crippen molar-refractivity contribution in [3.8, 4) is 28.1 Å². The first-order valence-electron chi connectivity index (χ1n) is 11.8. The Morgan fingerprint density at radius 2 is 1.87 bits per heavy atom. The molecular formula is C27H23F4N5O2. The van der Waals surface area contributed by atoms with Gasteiger partial charge in [0.1, 0.15) is 29.8 Å². The number of hydrogen-bond donors (Lipinski definition) is 1. The largest absolute Gasteiger partial charge is 0.496 e. The zero-order valence-corrected chi connectivity index (χ0v) is 20.2. The summed E-state index contributed by atoms with van der Waals surface area (Å²) in [6.45, 7) is -1.54. The molecular weight excluding hydrogens is 502 g/mol. The number of hydrogen-bond acceptors (Lipinski definition) is 5. The molecule has 2 N–H and O–H groups in total. The quantitative estimate of drug-likeness (QED) is 0.278. The molecule has 1 aliphatic heterocycles. The van der Waals surface area contributed by atoms with E-state index in [2.05, 4.69) is 10.3 Å². The molecule has 0 fully saturated rings. The smallest absolute Gasteiger partial charge is 0.406 e. The molecule has 1 aromatic heterocycles. The molecule has 0 radical (unpaired) electrons. The standard InChI is InChI=1S/C27H23F4N5O2/c1-38-25-13-17(8-9-19(25)16-4-2-5-18(32)12-16)22-14-36(34-33-22)24-11-10-20-21(28)6-3-7-23(20)35(26(24)37)15-27(29,30)31/h2-9,12-14,24H,10-11,15,32H2,1H3. The van der Waals surface area contributed by atoms with Crippen LogP contribution in [0.4, 0.5) is 28.9 Å². The number of fused-ring (bicyclic) bond motifs is 1. The van der Waals surface area contributed by atoms with Crippen molar-refractivity contribution >= 4 is 17.3 Å². The Labute approximate surface area is 215 Å². The van der Waals surface area contributed by atoms with Gasteiger partial charge in [-0.2, -0.15) is 13.2 Å². The second-order valence-corrected chi connectivity index (χ2v) is 8.96. The monoisotopic (exact) mass is 525 g/mol. The van der Waals surface area contributed by atoms with Crippen molar-refractivity contribution < 1.29 is 27.1 Å². The predicted molar refractivity (Wildman–Crippen MR) is 134 cm³/mol. The van der Waals surface area contributed by atoms with Gasteiger partial charge in [0.15, 0.2) is 0 Å². The second kappa shape index (κ2) is 9.81. The van der Waals surface area contributed by atoms with Gasteiger partial charge >= 0.3 is 6.18 Å². The minimum absolute atomic E-state index is 0.0572. The van der Waals surface area contributed by atoms with Crippen molar-refractivity contribution in [2.75, 3.05) is 24.3 Å². The van der Waals surface area contributed by atoms with E-state index in [1.165, 1.54) is 36.2 Å². The molecule has 4 aromatic rings. The van der Waals surface area contributed by atoms with Crippen LogP contribution in [-0.4, -0.2) is 40.7 Å². The Morgan fingerprint density at radius 1 is 1.08 bits per heavy atom. The summed E-state index contributed by atoms with van der Waals surface area (Å²) in [4.78, 5) is 13.9. The van der Waals surface area contributed by atoms with Crippen molar-refractivity contribution in [3.63, 3.8) is 0 Å². The van der Waals surface area contributed by atoms with E-state index in [1.54, 1.807) is 18.2 Å². The first-order valence-corrected chi connectivity index (χ1v) is 11.8. The van der Waals surface area contributed by atoms with Gasteiger partial charge in [0.25, 0.3) is 5.91 Å². The third-order valence-electron chi connectivity index (χ3n) is 6.47. The average molecular weight is 526 g/mol. The summed E-state index contributed by atoms with van der Waals surface area (Å²) in [6, 6.07) is 15.4. The number of rotatable bonds is 5. The van der Waals surface area contributed by atoms with E-state index in [9.17, 15) is 22.4 Å². The fourth-order valence-corrected chi connectivity index (χ4v) is 4.70. The van der Waals surface area contributed by atoms with E-state index in [1.807, 2.05) is 24.3 Å². The number of ether oxygens (including phenoxy) is 1. The van der Waals surface area contributed by atoms with Crippen molar-refractivity contribution in [3.05, 3.63) is 78.2 Å². The lowest BCUT2D eigenvalue weighted by Gasteiger charge is -2.26. The van der Waals surface area contributed by atoms with E-state index in [4.69, 9.17) is 10.5 Å². The molecule has 0 saturated heterocycles. The van der Waals surface area contributed by atoms with Crippen LogP contribution in [0.2, 0.25) is 0 Å². The summed E-state index contributed by atoms with van der Waals surface area (Å²) in [5.41, 5.74) is 9.17. The van der Waals surface area contributed by atoms with Crippen LogP contribution >= 0.6 is 0 Å². The summed E-state index contributed by atoms with van der Waals surface area (Å²) in [6.07, 6.45) is -3.06. The van der Waals surface area contributed by atoms with E-state index < -0.39 is 30.5 Å². The normalized spacial score (nSPS) is 15.8. The number of anilines is 2. The predicted octanol–water partition coefficient (Wildman–Crippen LogP) is 5.42. The Bertz CT molecular complexity index is 1500. The van der Waals surface area contributed by atoms with Gasteiger partial charge < -0.3 is 15.4 Å². The van der Waals surface area contributed by atoms with E-state index in [0.29, 0.717) is 27.6 Å². The third-order valence-corrected chi connectivity index (χ3v) is 6.47. The van der Waals surface area contributed by atoms with Crippen molar-refractivity contribution in [1.29, 1.82) is 0 Å². The topological polar surface area (TPSA) is 86.3 Å². The lowest BCUT2D eigenvalue weighted by Crippen LogP contribution is -2.42. The number of nitrogen functional groups attached to an aromatic ring is 1. The van der Waals surface area contributed by atoms with Crippen LogP contribution in [0.15, 0.2) is 66.9 Å². The summed E-state index contributed by atoms with van der Waals surface area (Å²) >= 11 is 0. The molecule has 0 bridgehead atoms. The van der Waals surface area contributed by atoms with Crippen molar-refractivity contribution in [1.82, 2.24) is 15.0 Å². The summed E-state index contributed by atoms with van der Waals surface area (Å²) in [5.74, 6) is -0.942. The van der Waals surface area contributed by atoms with Gasteiger partial charge in [0, 0.05) is 22.4 Å². The fraction of sp³-hybridized carbons (Fsp3) is 0.222. The van der Waals surface area contributed by atoms with Gasteiger partial charge in [-0.05, 0) is 54.8 Å². The van der Waals surface area contributed by atoms with Crippen LogP contribution in [0.3, 0.4) is 0 Å². The van der Waals surface area contributed by atoms with Crippen LogP contribution in [-0.2, 0) is 11.2 Å². The minimum atomic E-state index is -4.68. The maximum atomic E-state index is 14.5. The van der Waals surface area contributed by atoms with Crippen LogP contribution in [0.25, 0.3) is 22.4 Å². The van der Waals surface area contributed by atoms with E-state index >= 15 is 0 Å². The zero-order valence-electron chi connectivity index (χ0n) is 20.2. The molecule has 2 heterocycles. The number of alkyl halides is 3. The molecule has 1 aliphatic rings. The average Bonchev–Trinajstić information content (AvgIpc) is 3.32. The van der Waals surface area contributed by atoms with E-state index in [-0.39, 0.29) is 24.1 Å². The number of aromatic nitrogens is 3. The summed E-state index contributed by atoms with van der Waals surface area (Å²) < 4.78 is 61.5. The molecule has 1 amide bonds. The molecule has 0 spiro atoms. The van der Waals surface area contributed by atoms with Crippen molar-refractivity contribution in [2.24, 2.45) is 0 Å². The van der Waals surface area contributed by atoms with Gasteiger partial charge in [0.2, 0.25) is 0 Å². The molecule has 11 heteroatoms. The number of methoxy groups -OCH3 is 1. The van der Waals surface area contributed by atoms with Crippen LogP contribution < -0.4 is 15.4 Å². The van der Waals surface area contributed by atoms with Gasteiger partial charge in [0.05, 0.1) is 19.0 Å². The fourth-order valence-electron chi connectivity index (χ4n) is 4.70. The van der Waals surface area contributed by atoms with E-state index in [0.717, 1.165) is 11.1 Å². The van der Waals surface area contributed by atoms with Gasteiger partial charge in [-0.15, -0.1) is 5.10 Å². The highest BCUT2D eigenvalue weighted by atomic mass is 19.4. The Kier molecular flexibility index (Phi) is 6.52. The summed E-state index contributed by atoms with van der Waals surface area (Å²) in [7, 11) is 1.53. The lowest BCUT2D eigenvalue weighted by atomic mass is 10.0. The molecule has 7 nitrogen and oxygen atoms in total. The molecule has 0 aliphatic carbocycles. The maximum absolute atomic E-state index is 14.5. The molecule has 38 heavy (non-hydrogen) atoms. The number of nitrogens with two attached hydrogens (primary N) is 1. The molecule has 196 valence electrons. The third kappa shape index (κ3) is 4.91. The number of carbonyl (C=O) groups is 1. The SMILES string of the molecule is COc1cc(-c2cn(C3CCc4c(F)cccc4N(CC(F)(F)F)C3=O)nn2)ccc1-c1cccc(N)c1. The molecule has 3 aromatic carbocycles. The zero-order chi connectivity index (χ0) is 27.0.